The topological polar surface area (TPSA) is 52.6 Å². The first-order valence-electron chi connectivity index (χ1n) is 7.21. The monoisotopic (exact) mass is 430 g/mol. The van der Waals surface area contributed by atoms with Gasteiger partial charge in [0.05, 0.1) is 14.2 Å². The Kier molecular flexibility index (Phi) is 6.39. The van der Waals surface area contributed by atoms with Crippen molar-refractivity contribution in [1.82, 2.24) is 0 Å². The van der Waals surface area contributed by atoms with Gasteiger partial charge in [0, 0.05) is 5.41 Å². The van der Waals surface area contributed by atoms with E-state index >= 15 is 0 Å². The summed E-state index contributed by atoms with van der Waals surface area (Å²) in [6.45, 7) is 7.03. The van der Waals surface area contributed by atoms with Gasteiger partial charge in [0.2, 0.25) is 0 Å². The molecule has 1 atom stereocenters. The first-order chi connectivity index (χ1) is 10.6. The Balaban J connectivity index is 3.49. The molecule has 126 valence electrons. The number of halogens is 1. The molecule has 0 saturated carbocycles. The van der Waals surface area contributed by atoms with E-state index < -0.39 is 16.8 Å². The quantitative estimate of drug-likeness (QED) is 0.398. The Morgan fingerprint density at radius 3 is 1.91 bits per heavy atom. The average molecular weight is 430 g/mol. The molecule has 0 radical (unpaired) electrons. The summed E-state index contributed by atoms with van der Waals surface area (Å²) in [5.74, 6) is -0.0322. The maximum absolute atomic E-state index is 13.0. The van der Waals surface area contributed by atoms with E-state index in [9.17, 15) is 9.59 Å². The Morgan fingerprint density at radius 2 is 1.57 bits per heavy atom. The Hall–Kier alpha value is -1.37. The lowest BCUT2D eigenvalue weighted by Gasteiger charge is -2.33. The van der Waals surface area contributed by atoms with Gasteiger partial charge in [-0.05, 0) is 34.3 Å². The van der Waals surface area contributed by atoms with E-state index in [-0.39, 0.29) is 5.78 Å². The van der Waals surface area contributed by atoms with Crippen LogP contribution in [0.1, 0.15) is 33.3 Å². The van der Waals surface area contributed by atoms with Gasteiger partial charge < -0.3 is 9.47 Å². The zero-order valence-corrected chi connectivity index (χ0v) is 16.6. The molecule has 23 heavy (non-hydrogen) atoms. The standard InChI is InChI=1S/C18H23IO4/c1-17(2,3)15(20)18(4,16(21)23-6)14(11-19)12-7-9-13(22-5)10-8-12/h7-11H,1-6H3/b14-11+. The van der Waals surface area contributed by atoms with Gasteiger partial charge in [-0.25, -0.2) is 0 Å². The maximum Gasteiger partial charge on any atom is 0.323 e. The molecule has 0 aromatic heterocycles. The highest BCUT2D eigenvalue weighted by molar-refractivity contribution is 14.1. The molecule has 0 spiro atoms. The van der Waals surface area contributed by atoms with Gasteiger partial charge in [0.25, 0.3) is 0 Å². The first-order valence-corrected chi connectivity index (χ1v) is 8.46. The highest BCUT2D eigenvalue weighted by atomic mass is 127. The van der Waals surface area contributed by atoms with Gasteiger partial charge in [0.1, 0.15) is 11.2 Å². The van der Waals surface area contributed by atoms with Crippen molar-refractivity contribution in [2.45, 2.75) is 27.7 Å². The molecule has 0 heterocycles. The number of methoxy groups -OCH3 is 2. The zero-order valence-electron chi connectivity index (χ0n) is 14.4. The minimum atomic E-state index is -1.37. The number of Topliss-reactive ketones (excluding diaryl/α,β-unsaturated/α-hetero) is 1. The van der Waals surface area contributed by atoms with E-state index in [4.69, 9.17) is 9.47 Å². The lowest BCUT2D eigenvalue weighted by atomic mass is 9.68. The maximum atomic E-state index is 13.0. The SMILES string of the molecule is COC(=O)C(C)(C(=O)C(C)(C)C)/C(=C/I)c1ccc(OC)cc1. The van der Waals surface area contributed by atoms with Gasteiger partial charge in [-0.2, -0.15) is 0 Å². The number of rotatable bonds is 5. The van der Waals surface area contributed by atoms with Crippen LogP contribution in [0.25, 0.3) is 5.57 Å². The van der Waals surface area contributed by atoms with Crippen molar-refractivity contribution < 1.29 is 19.1 Å². The van der Waals surface area contributed by atoms with Crippen LogP contribution < -0.4 is 4.74 Å². The van der Waals surface area contributed by atoms with Crippen LogP contribution in [0, 0.1) is 10.8 Å². The molecule has 0 fully saturated rings. The molecule has 5 heteroatoms. The molecule has 1 unspecified atom stereocenters. The van der Waals surface area contributed by atoms with Crippen molar-refractivity contribution in [3.63, 3.8) is 0 Å². The number of esters is 1. The smallest absolute Gasteiger partial charge is 0.323 e. The molecule has 1 aromatic carbocycles. The van der Waals surface area contributed by atoms with E-state index in [0.717, 1.165) is 5.56 Å². The van der Waals surface area contributed by atoms with Crippen LogP contribution in [0.15, 0.2) is 28.3 Å². The molecule has 0 N–H and O–H groups in total. The molecule has 0 saturated heterocycles. The number of ketones is 1. The third kappa shape index (κ3) is 3.94. The van der Waals surface area contributed by atoms with Gasteiger partial charge >= 0.3 is 5.97 Å². The largest absolute Gasteiger partial charge is 0.497 e. The van der Waals surface area contributed by atoms with E-state index in [1.165, 1.54) is 7.11 Å². The molecule has 0 aliphatic carbocycles. The fourth-order valence-corrected chi connectivity index (χ4v) is 3.49. The fourth-order valence-electron chi connectivity index (χ4n) is 2.51. The average Bonchev–Trinajstić information content (AvgIpc) is 2.53. The third-order valence-electron chi connectivity index (χ3n) is 3.78. The number of carbonyl (C=O) groups is 2. The number of hydrogen-bond acceptors (Lipinski definition) is 4. The number of hydrogen-bond donors (Lipinski definition) is 0. The Labute approximate surface area is 151 Å². The molecule has 0 amide bonds. The minimum absolute atomic E-state index is 0.185. The second-order valence-corrected chi connectivity index (χ2v) is 7.07. The van der Waals surface area contributed by atoms with Gasteiger partial charge in [0.15, 0.2) is 5.78 Å². The summed E-state index contributed by atoms with van der Waals surface area (Å²) in [5, 5.41) is 0. The molecule has 0 bridgehead atoms. The highest BCUT2D eigenvalue weighted by Crippen LogP contribution is 2.43. The van der Waals surface area contributed by atoms with Crippen LogP contribution in [0.5, 0.6) is 5.75 Å². The van der Waals surface area contributed by atoms with E-state index in [1.807, 2.05) is 12.1 Å². The Bertz CT molecular complexity index is 611. The summed E-state index contributed by atoms with van der Waals surface area (Å²) in [6.07, 6.45) is 0. The van der Waals surface area contributed by atoms with Crippen molar-refractivity contribution in [3.05, 3.63) is 33.9 Å². The Morgan fingerprint density at radius 1 is 1.04 bits per heavy atom. The van der Waals surface area contributed by atoms with Crippen LogP contribution in [-0.4, -0.2) is 26.0 Å². The van der Waals surface area contributed by atoms with E-state index in [1.54, 1.807) is 51.0 Å². The van der Waals surface area contributed by atoms with Crippen LogP contribution in [-0.2, 0) is 14.3 Å². The molecule has 0 aliphatic rings. The summed E-state index contributed by atoms with van der Waals surface area (Å²) < 4.78 is 11.9. The lowest BCUT2D eigenvalue weighted by Crippen LogP contribution is -2.44. The van der Waals surface area contributed by atoms with E-state index in [2.05, 4.69) is 22.6 Å². The van der Waals surface area contributed by atoms with Crippen molar-refractivity contribution in [2.24, 2.45) is 10.8 Å². The van der Waals surface area contributed by atoms with Crippen molar-refractivity contribution in [1.29, 1.82) is 0 Å². The molecule has 1 rings (SSSR count). The normalized spacial score (nSPS) is 14.8. The van der Waals surface area contributed by atoms with Crippen LogP contribution in [0.4, 0.5) is 0 Å². The molecule has 4 nitrogen and oxygen atoms in total. The first kappa shape index (κ1) is 19.7. The predicted octanol–water partition coefficient (Wildman–Crippen LogP) is 4.27. The predicted molar refractivity (Wildman–Crippen MR) is 99.6 cm³/mol. The number of benzene rings is 1. The molecular formula is C18H23IO4. The van der Waals surface area contributed by atoms with Crippen molar-refractivity contribution in [2.75, 3.05) is 14.2 Å². The van der Waals surface area contributed by atoms with Gasteiger partial charge in [-0.15, -0.1) is 0 Å². The van der Waals surface area contributed by atoms with Gasteiger partial charge in [-0.3, -0.25) is 9.59 Å². The molecular weight excluding hydrogens is 407 g/mol. The second kappa shape index (κ2) is 7.47. The summed E-state index contributed by atoms with van der Waals surface area (Å²) in [6, 6.07) is 7.27. The fraction of sp³-hybridized carbons (Fsp3) is 0.444. The zero-order chi connectivity index (χ0) is 17.8. The second-order valence-electron chi connectivity index (χ2n) is 6.45. The summed E-state index contributed by atoms with van der Waals surface area (Å²) >= 11 is 2.05. The number of carbonyl (C=O) groups excluding carboxylic acids is 2. The summed E-state index contributed by atoms with van der Waals surface area (Å²) in [7, 11) is 2.89. The van der Waals surface area contributed by atoms with Crippen LogP contribution in [0.2, 0.25) is 0 Å². The third-order valence-corrected chi connectivity index (χ3v) is 4.40. The van der Waals surface area contributed by atoms with E-state index in [0.29, 0.717) is 11.3 Å². The highest BCUT2D eigenvalue weighted by Gasteiger charge is 2.49. The molecule has 0 aliphatic heterocycles. The summed E-state index contributed by atoms with van der Waals surface area (Å²) in [4.78, 5) is 25.5. The molecule has 1 aromatic rings. The minimum Gasteiger partial charge on any atom is -0.497 e. The van der Waals surface area contributed by atoms with Gasteiger partial charge in [-0.1, -0.05) is 55.5 Å². The number of ether oxygens (including phenoxy) is 2. The van der Waals surface area contributed by atoms with Crippen molar-refractivity contribution in [3.8, 4) is 5.75 Å². The van der Waals surface area contributed by atoms with Crippen molar-refractivity contribution >= 4 is 39.9 Å². The van der Waals surface area contributed by atoms with Crippen LogP contribution >= 0.6 is 22.6 Å². The summed E-state index contributed by atoms with van der Waals surface area (Å²) in [5.41, 5.74) is -0.651. The van der Waals surface area contributed by atoms with Crippen LogP contribution in [0.3, 0.4) is 0 Å². The lowest BCUT2D eigenvalue weighted by molar-refractivity contribution is -0.155.